The number of esters is 3. The van der Waals surface area contributed by atoms with Gasteiger partial charge in [0.25, 0.3) is 0 Å². The van der Waals surface area contributed by atoms with E-state index in [9.17, 15) is 14.4 Å². The van der Waals surface area contributed by atoms with Gasteiger partial charge >= 0.3 is 17.9 Å². The van der Waals surface area contributed by atoms with E-state index in [1.807, 2.05) is 0 Å². The molecule has 6 heteroatoms. The van der Waals surface area contributed by atoms with Crippen LogP contribution in [-0.4, -0.2) is 37.2 Å². The summed E-state index contributed by atoms with van der Waals surface area (Å²) in [6, 6.07) is 0. The van der Waals surface area contributed by atoms with Crippen molar-refractivity contribution in [2.24, 2.45) is 5.92 Å². The molecular weight excluding hydrogens is 709 g/mol. The molecule has 0 aromatic rings. The molecule has 0 fully saturated rings. The molecule has 0 aliphatic heterocycles. The van der Waals surface area contributed by atoms with Crippen LogP contribution in [0.3, 0.4) is 0 Å². The van der Waals surface area contributed by atoms with Gasteiger partial charge in [0.2, 0.25) is 0 Å². The van der Waals surface area contributed by atoms with Crippen LogP contribution in [0.15, 0.2) is 0 Å². The maximum atomic E-state index is 12.7. The van der Waals surface area contributed by atoms with Crippen LogP contribution in [0.5, 0.6) is 0 Å². The topological polar surface area (TPSA) is 78.9 Å². The predicted molar refractivity (Wildman–Crippen MR) is 243 cm³/mol. The van der Waals surface area contributed by atoms with E-state index in [2.05, 4.69) is 27.7 Å². The fraction of sp³-hybridized carbons (Fsp3) is 0.941. The van der Waals surface area contributed by atoms with E-state index in [4.69, 9.17) is 14.2 Å². The zero-order valence-electron chi connectivity index (χ0n) is 38.8. The summed E-state index contributed by atoms with van der Waals surface area (Å²) >= 11 is 0. The highest BCUT2D eigenvalue weighted by molar-refractivity contribution is 5.71. The molecule has 6 nitrogen and oxygen atoms in total. The molecule has 0 rings (SSSR count). The standard InChI is InChI=1S/C51H98O6/c1-5-7-9-11-13-15-16-17-18-19-23-27-30-34-38-42-49(52)55-45-48(57-51(54)44-40-36-32-25-14-12-10-8-6-2)46-56-50(53)43-39-35-31-28-24-21-20-22-26-29-33-37-41-47(3)4/h47-48H,5-46H2,1-4H3/t48-/m1/s1. The fourth-order valence-corrected chi connectivity index (χ4v) is 7.69. The van der Waals surface area contributed by atoms with E-state index < -0.39 is 6.10 Å². The van der Waals surface area contributed by atoms with Gasteiger partial charge in [0.05, 0.1) is 0 Å². The van der Waals surface area contributed by atoms with Crippen LogP contribution in [0.1, 0.15) is 285 Å². The van der Waals surface area contributed by atoms with Gasteiger partial charge in [-0.3, -0.25) is 14.4 Å². The van der Waals surface area contributed by atoms with Crippen molar-refractivity contribution in [2.45, 2.75) is 291 Å². The first kappa shape index (κ1) is 55.4. The van der Waals surface area contributed by atoms with Crippen LogP contribution < -0.4 is 0 Å². The van der Waals surface area contributed by atoms with Crippen LogP contribution in [0.4, 0.5) is 0 Å². The van der Waals surface area contributed by atoms with Crippen molar-refractivity contribution < 1.29 is 28.6 Å². The van der Waals surface area contributed by atoms with Gasteiger partial charge in [-0.15, -0.1) is 0 Å². The van der Waals surface area contributed by atoms with E-state index >= 15 is 0 Å². The lowest BCUT2D eigenvalue weighted by Crippen LogP contribution is -2.30. The van der Waals surface area contributed by atoms with Crippen LogP contribution in [0.2, 0.25) is 0 Å². The van der Waals surface area contributed by atoms with Gasteiger partial charge in [-0.1, -0.05) is 246 Å². The minimum absolute atomic E-state index is 0.0630. The Hall–Kier alpha value is -1.59. The molecule has 0 unspecified atom stereocenters. The molecule has 0 N–H and O–H groups in total. The Labute approximate surface area is 355 Å². The summed E-state index contributed by atoms with van der Waals surface area (Å²) in [5, 5.41) is 0. The number of hydrogen-bond acceptors (Lipinski definition) is 6. The van der Waals surface area contributed by atoms with Crippen molar-refractivity contribution in [2.75, 3.05) is 13.2 Å². The van der Waals surface area contributed by atoms with E-state index in [1.54, 1.807) is 0 Å². The summed E-state index contributed by atoms with van der Waals surface area (Å²) in [5.74, 6) is -0.0144. The Kier molecular flexibility index (Phi) is 44.2. The van der Waals surface area contributed by atoms with Crippen LogP contribution in [0, 0.1) is 5.92 Å². The first-order chi connectivity index (χ1) is 27.9. The molecule has 0 heterocycles. The zero-order chi connectivity index (χ0) is 41.7. The highest BCUT2D eigenvalue weighted by Gasteiger charge is 2.19. The summed E-state index contributed by atoms with van der Waals surface area (Å²) in [7, 11) is 0. The molecular formula is C51H98O6. The third kappa shape index (κ3) is 45.3. The number of hydrogen-bond donors (Lipinski definition) is 0. The Morgan fingerprint density at radius 1 is 0.333 bits per heavy atom. The van der Waals surface area contributed by atoms with Crippen LogP contribution in [0.25, 0.3) is 0 Å². The Morgan fingerprint density at radius 3 is 0.860 bits per heavy atom. The highest BCUT2D eigenvalue weighted by atomic mass is 16.6. The lowest BCUT2D eigenvalue weighted by Gasteiger charge is -2.18. The first-order valence-electron chi connectivity index (χ1n) is 25.4. The second-order valence-electron chi connectivity index (χ2n) is 17.9. The second-order valence-corrected chi connectivity index (χ2v) is 17.9. The third-order valence-corrected chi connectivity index (χ3v) is 11.5. The summed E-state index contributed by atoms with van der Waals surface area (Å²) in [6.07, 6.45) is 46.6. The lowest BCUT2D eigenvalue weighted by molar-refractivity contribution is -0.167. The third-order valence-electron chi connectivity index (χ3n) is 11.5. The summed E-state index contributed by atoms with van der Waals surface area (Å²) < 4.78 is 16.8. The van der Waals surface area contributed by atoms with E-state index in [0.717, 1.165) is 63.7 Å². The number of carbonyl (C=O) groups is 3. The number of rotatable bonds is 46. The normalized spacial score (nSPS) is 11.9. The van der Waals surface area contributed by atoms with Crippen molar-refractivity contribution in [3.8, 4) is 0 Å². The van der Waals surface area contributed by atoms with E-state index in [1.165, 1.54) is 180 Å². The molecule has 0 spiro atoms. The average Bonchev–Trinajstić information content (AvgIpc) is 3.19. The molecule has 0 aromatic carbocycles. The van der Waals surface area contributed by atoms with Crippen molar-refractivity contribution in [3.63, 3.8) is 0 Å². The maximum Gasteiger partial charge on any atom is 0.306 e. The molecule has 0 radical (unpaired) electrons. The van der Waals surface area contributed by atoms with Gasteiger partial charge in [0, 0.05) is 19.3 Å². The van der Waals surface area contributed by atoms with Gasteiger partial charge in [0.1, 0.15) is 13.2 Å². The summed E-state index contributed by atoms with van der Waals surface area (Å²) in [5.41, 5.74) is 0. The van der Waals surface area contributed by atoms with Crippen molar-refractivity contribution in [1.29, 1.82) is 0 Å². The molecule has 1 atom stereocenters. The average molecular weight is 807 g/mol. The minimum Gasteiger partial charge on any atom is -0.462 e. The van der Waals surface area contributed by atoms with Gasteiger partial charge in [-0.05, 0) is 25.2 Å². The molecule has 338 valence electrons. The molecule has 0 bridgehead atoms. The Bertz CT molecular complexity index is 857. The maximum absolute atomic E-state index is 12.7. The monoisotopic (exact) mass is 807 g/mol. The number of unbranched alkanes of at least 4 members (excludes halogenated alkanes) is 33. The van der Waals surface area contributed by atoms with Gasteiger partial charge in [-0.2, -0.15) is 0 Å². The quantitative estimate of drug-likeness (QED) is 0.0346. The minimum atomic E-state index is -0.759. The van der Waals surface area contributed by atoms with Gasteiger partial charge < -0.3 is 14.2 Å². The Balaban J connectivity index is 4.24. The smallest absolute Gasteiger partial charge is 0.306 e. The lowest BCUT2D eigenvalue weighted by atomic mass is 10.0. The second kappa shape index (κ2) is 45.5. The molecule has 0 saturated heterocycles. The van der Waals surface area contributed by atoms with Crippen molar-refractivity contribution in [1.82, 2.24) is 0 Å². The number of carbonyl (C=O) groups excluding carboxylic acids is 3. The van der Waals surface area contributed by atoms with Crippen molar-refractivity contribution >= 4 is 17.9 Å². The van der Waals surface area contributed by atoms with Crippen LogP contribution >= 0.6 is 0 Å². The molecule has 0 aliphatic carbocycles. The largest absolute Gasteiger partial charge is 0.462 e. The Morgan fingerprint density at radius 2 is 0.579 bits per heavy atom. The summed E-state index contributed by atoms with van der Waals surface area (Å²) in [6.45, 7) is 9.01. The van der Waals surface area contributed by atoms with Gasteiger partial charge in [0.15, 0.2) is 6.10 Å². The molecule has 0 aromatic heterocycles. The highest BCUT2D eigenvalue weighted by Crippen LogP contribution is 2.17. The van der Waals surface area contributed by atoms with E-state index in [0.29, 0.717) is 19.3 Å². The predicted octanol–water partition coefficient (Wildman–Crippen LogP) is 16.3. The molecule has 0 aliphatic rings. The molecule has 57 heavy (non-hydrogen) atoms. The van der Waals surface area contributed by atoms with Gasteiger partial charge in [-0.25, -0.2) is 0 Å². The molecule has 0 amide bonds. The summed E-state index contributed by atoms with van der Waals surface area (Å²) in [4.78, 5) is 37.8. The first-order valence-corrected chi connectivity index (χ1v) is 25.4. The van der Waals surface area contributed by atoms with Crippen molar-refractivity contribution in [3.05, 3.63) is 0 Å². The zero-order valence-corrected chi connectivity index (χ0v) is 38.8. The molecule has 0 saturated carbocycles. The van der Waals surface area contributed by atoms with E-state index in [-0.39, 0.29) is 31.1 Å². The fourth-order valence-electron chi connectivity index (χ4n) is 7.69. The SMILES string of the molecule is CCCCCCCCCCCCCCCCCC(=O)OC[C@H](COC(=O)CCCCCCCCCCCCCCC(C)C)OC(=O)CCCCCCCCCCC. The van der Waals surface area contributed by atoms with Crippen LogP contribution in [-0.2, 0) is 28.6 Å². The number of ether oxygens (including phenoxy) is 3.